The van der Waals surface area contributed by atoms with Crippen molar-refractivity contribution in [2.24, 2.45) is 13.0 Å². The van der Waals surface area contributed by atoms with E-state index in [1.165, 1.54) is 12.1 Å². The summed E-state index contributed by atoms with van der Waals surface area (Å²) in [7, 11) is 1.83. The molecule has 2 aromatic carbocycles. The van der Waals surface area contributed by atoms with Crippen LogP contribution >= 0.6 is 0 Å². The molecule has 3 aromatic rings. The van der Waals surface area contributed by atoms with Gasteiger partial charge in [0, 0.05) is 44.2 Å². The minimum absolute atomic E-state index is 0.0942. The van der Waals surface area contributed by atoms with Gasteiger partial charge in [-0.3, -0.25) is 9.59 Å². The predicted octanol–water partition coefficient (Wildman–Crippen LogP) is 2.59. The lowest BCUT2D eigenvalue weighted by Gasteiger charge is -2.23. The van der Waals surface area contributed by atoms with Crippen molar-refractivity contribution in [2.75, 3.05) is 24.7 Å². The summed E-state index contributed by atoms with van der Waals surface area (Å²) in [6.07, 6.45) is 3.51. The Morgan fingerprint density at radius 1 is 1.15 bits per heavy atom. The normalized spacial score (nSPS) is 18.3. The van der Waals surface area contributed by atoms with E-state index in [1.807, 2.05) is 7.05 Å². The van der Waals surface area contributed by atoms with Gasteiger partial charge in [-0.15, -0.1) is 0 Å². The molecule has 2 amide bonds. The van der Waals surface area contributed by atoms with E-state index in [1.54, 1.807) is 52.2 Å². The lowest BCUT2D eigenvalue weighted by molar-refractivity contribution is -0.126. The lowest BCUT2D eigenvalue weighted by Crippen LogP contribution is -2.37. The first-order chi connectivity index (χ1) is 16.0. The van der Waals surface area contributed by atoms with Crippen molar-refractivity contribution in [3.8, 4) is 11.5 Å². The highest BCUT2D eigenvalue weighted by molar-refractivity contribution is 6.00. The summed E-state index contributed by atoms with van der Waals surface area (Å²) in [6, 6.07) is 10.7. The molecule has 8 nitrogen and oxygen atoms in total. The van der Waals surface area contributed by atoms with Gasteiger partial charge in [-0.1, -0.05) is 12.1 Å². The molecule has 0 aliphatic carbocycles. The van der Waals surface area contributed by atoms with E-state index in [9.17, 15) is 14.0 Å². The maximum atomic E-state index is 13.5. The number of nitrogens with zero attached hydrogens (tertiary/aromatic N) is 3. The van der Waals surface area contributed by atoms with Gasteiger partial charge in [-0.05, 0) is 29.8 Å². The fourth-order valence-electron chi connectivity index (χ4n) is 4.20. The third-order valence-corrected chi connectivity index (χ3v) is 5.94. The number of halogens is 1. The van der Waals surface area contributed by atoms with Gasteiger partial charge >= 0.3 is 0 Å². The Balaban J connectivity index is 1.35. The van der Waals surface area contributed by atoms with E-state index in [-0.39, 0.29) is 30.6 Å². The number of carbonyl (C=O) groups excluding carboxylic acids is 2. The van der Waals surface area contributed by atoms with E-state index in [4.69, 9.17) is 9.47 Å². The number of anilines is 1. The Hall–Kier alpha value is -3.88. The molecule has 0 saturated carbocycles. The minimum atomic E-state index is -0.573. The van der Waals surface area contributed by atoms with Crippen LogP contribution in [0.4, 0.5) is 10.1 Å². The molecule has 1 aromatic heterocycles. The fraction of sp³-hybridized carbons (Fsp3) is 0.292. The van der Waals surface area contributed by atoms with E-state index in [0.29, 0.717) is 41.8 Å². The summed E-state index contributed by atoms with van der Waals surface area (Å²) < 4.78 is 26.4. The van der Waals surface area contributed by atoms with Gasteiger partial charge in [0.2, 0.25) is 11.8 Å². The highest BCUT2D eigenvalue weighted by Gasteiger charge is 2.37. The molecule has 2 atom stereocenters. The Bertz CT molecular complexity index is 1190. The van der Waals surface area contributed by atoms with Gasteiger partial charge in [0.1, 0.15) is 30.9 Å². The number of hydrogen-bond acceptors (Lipinski definition) is 5. The number of aromatic nitrogens is 2. The SMILES string of the molecule is Cn1ccnc1[C@@H](NC(=O)[C@H]1CC(=O)N(c2ccc3c(c2)OCCO3)C1)c1ccc(F)cc1. The summed E-state index contributed by atoms with van der Waals surface area (Å²) in [5.74, 6) is 0.550. The van der Waals surface area contributed by atoms with E-state index < -0.39 is 12.0 Å². The van der Waals surface area contributed by atoms with Crippen LogP contribution in [0.15, 0.2) is 54.9 Å². The zero-order chi connectivity index (χ0) is 22.9. The Kier molecular flexibility index (Phi) is 5.45. The third-order valence-electron chi connectivity index (χ3n) is 5.94. The molecule has 0 spiro atoms. The summed E-state index contributed by atoms with van der Waals surface area (Å²) in [5.41, 5.74) is 1.37. The van der Waals surface area contributed by atoms with Crippen molar-refractivity contribution in [3.63, 3.8) is 0 Å². The average Bonchev–Trinajstić information content (AvgIpc) is 3.43. The first kappa shape index (κ1) is 21.0. The highest BCUT2D eigenvalue weighted by Crippen LogP contribution is 2.36. The van der Waals surface area contributed by atoms with Gasteiger partial charge < -0.3 is 24.3 Å². The summed E-state index contributed by atoms with van der Waals surface area (Å²) >= 11 is 0. The molecular formula is C24H23FN4O4. The first-order valence-corrected chi connectivity index (χ1v) is 10.7. The van der Waals surface area contributed by atoms with Gasteiger partial charge in [0.05, 0.1) is 5.92 Å². The van der Waals surface area contributed by atoms with Crippen molar-refractivity contribution in [3.05, 3.63) is 72.1 Å². The van der Waals surface area contributed by atoms with Gasteiger partial charge in [0.15, 0.2) is 11.5 Å². The minimum Gasteiger partial charge on any atom is -0.486 e. The third kappa shape index (κ3) is 4.13. The molecule has 1 saturated heterocycles. The largest absolute Gasteiger partial charge is 0.486 e. The number of ether oxygens (including phenoxy) is 2. The summed E-state index contributed by atoms with van der Waals surface area (Å²) in [6.45, 7) is 1.19. The van der Waals surface area contributed by atoms with Crippen molar-refractivity contribution in [2.45, 2.75) is 12.5 Å². The molecule has 1 fully saturated rings. The number of carbonyl (C=O) groups is 2. The standard InChI is InChI=1S/C24H23FN4O4/c1-28-9-8-26-23(28)22(15-2-4-17(25)5-3-15)27-24(31)16-12-21(30)29(14-16)18-6-7-19-20(13-18)33-11-10-32-19/h2-9,13,16,22H,10-12,14H2,1H3,(H,27,31)/t16-,22-/m0/s1. The zero-order valence-corrected chi connectivity index (χ0v) is 18.0. The second kappa shape index (κ2) is 8.57. The van der Waals surface area contributed by atoms with E-state index in [0.717, 1.165) is 0 Å². The molecule has 2 aliphatic rings. The Morgan fingerprint density at radius 2 is 1.91 bits per heavy atom. The van der Waals surface area contributed by atoms with Gasteiger partial charge in [-0.25, -0.2) is 9.37 Å². The van der Waals surface area contributed by atoms with Crippen LogP contribution in [0.3, 0.4) is 0 Å². The van der Waals surface area contributed by atoms with Crippen molar-refractivity contribution >= 4 is 17.5 Å². The molecular weight excluding hydrogens is 427 g/mol. The monoisotopic (exact) mass is 450 g/mol. The van der Waals surface area contributed by atoms with Crippen LogP contribution in [-0.4, -0.2) is 41.1 Å². The molecule has 2 aliphatic heterocycles. The van der Waals surface area contributed by atoms with E-state index in [2.05, 4.69) is 10.3 Å². The summed E-state index contributed by atoms with van der Waals surface area (Å²) in [4.78, 5) is 31.9. The molecule has 33 heavy (non-hydrogen) atoms. The molecule has 3 heterocycles. The van der Waals surface area contributed by atoms with Crippen LogP contribution in [0.2, 0.25) is 0 Å². The number of amides is 2. The van der Waals surface area contributed by atoms with Crippen molar-refractivity contribution in [1.29, 1.82) is 0 Å². The predicted molar refractivity (Wildman–Crippen MR) is 117 cm³/mol. The maximum absolute atomic E-state index is 13.5. The van der Waals surface area contributed by atoms with Gasteiger partial charge in [-0.2, -0.15) is 0 Å². The number of imidazole rings is 1. The smallest absolute Gasteiger partial charge is 0.227 e. The second-order valence-corrected chi connectivity index (χ2v) is 8.12. The van der Waals surface area contributed by atoms with Gasteiger partial charge in [0.25, 0.3) is 0 Å². The van der Waals surface area contributed by atoms with Crippen LogP contribution < -0.4 is 19.7 Å². The fourth-order valence-corrected chi connectivity index (χ4v) is 4.20. The number of fused-ring (bicyclic) bond motifs is 1. The van der Waals surface area contributed by atoms with Crippen LogP contribution in [0.5, 0.6) is 11.5 Å². The number of nitrogens with one attached hydrogen (secondary N) is 1. The lowest BCUT2D eigenvalue weighted by atomic mass is 10.0. The number of benzene rings is 2. The molecule has 1 N–H and O–H groups in total. The second-order valence-electron chi connectivity index (χ2n) is 8.12. The maximum Gasteiger partial charge on any atom is 0.227 e. The Labute approximate surface area is 189 Å². The molecule has 5 rings (SSSR count). The molecule has 9 heteroatoms. The molecule has 0 radical (unpaired) electrons. The van der Waals surface area contributed by atoms with E-state index >= 15 is 0 Å². The molecule has 170 valence electrons. The van der Waals surface area contributed by atoms with Crippen molar-refractivity contribution < 1.29 is 23.5 Å². The number of rotatable bonds is 5. The number of hydrogen-bond donors (Lipinski definition) is 1. The number of aryl methyl sites for hydroxylation is 1. The highest BCUT2D eigenvalue weighted by atomic mass is 19.1. The van der Waals surface area contributed by atoms with Crippen LogP contribution in [0.1, 0.15) is 23.9 Å². The topological polar surface area (TPSA) is 85.7 Å². The Morgan fingerprint density at radius 3 is 2.64 bits per heavy atom. The molecule has 0 unspecified atom stereocenters. The average molecular weight is 450 g/mol. The van der Waals surface area contributed by atoms with Crippen molar-refractivity contribution in [1.82, 2.24) is 14.9 Å². The van der Waals surface area contributed by atoms with Crippen LogP contribution in [-0.2, 0) is 16.6 Å². The summed E-state index contributed by atoms with van der Waals surface area (Å²) in [5, 5.41) is 3.01. The quantitative estimate of drug-likeness (QED) is 0.646. The van der Waals surface area contributed by atoms with Crippen LogP contribution in [0, 0.1) is 11.7 Å². The van der Waals surface area contributed by atoms with Crippen LogP contribution in [0.25, 0.3) is 0 Å². The molecule has 0 bridgehead atoms. The first-order valence-electron chi connectivity index (χ1n) is 10.7. The zero-order valence-electron chi connectivity index (χ0n) is 18.0.